The van der Waals surface area contributed by atoms with Crippen LogP contribution >= 0.6 is 0 Å². The fourth-order valence-electron chi connectivity index (χ4n) is 2.03. The minimum Gasteiger partial charge on any atom is -0.469 e. The molecule has 0 spiro atoms. The smallest absolute Gasteiger partial charge is 0.311 e. The third-order valence-electron chi connectivity index (χ3n) is 2.55. The maximum atomic E-state index is 11.5. The Kier molecular flexibility index (Phi) is 5.13. The number of aliphatic hydroxyl groups is 1. The molecular formula is C11H22O3. The first-order chi connectivity index (χ1) is 6.36. The molecule has 0 rings (SSSR count). The van der Waals surface area contributed by atoms with Crippen LogP contribution in [0, 0.1) is 11.8 Å². The second-order valence-electron chi connectivity index (χ2n) is 4.35. The molecule has 1 N–H and O–H groups in total. The highest BCUT2D eigenvalue weighted by atomic mass is 16.5. The Morgan fingerprint density at radius 3 is 2.29 bits per heavy atom. The van der Waals surface area contributed by atoms with Gasteiger partial charge in [-0.1, -0.05) is 27.2 Å². The van der Waals surface area contributed by atoms with Crippen molar-refractivity contribution in [1.29, 1.82) is 0 Å². The van der Waals surface area contributed by atoms with Gasteiger partial charge in [-0.15, -0.1) is 0 Å². The average Bonchev–Trinajstić information content (AvgIpc) is 2.02. The lowest BCUT2D eigenvalue weighted by atomic mass is 9.78. The summed E-state index contributed by atoms with van der Waals surface area (Å²) in [6.45, 7) is 7.54. The normalized spacial score (nSPS) is 17.6. The van der Waals surface area contributed by atoms with Gasteiger partial charge in [0.2, 0.25) is 0 Å². The molecule has 0 bridgehead atoms. The summed E-state index contributed by atoms with van der Waals surface area (Å²) in [5, 5.41) is 10.1. The number of rotatable bonds is 5. The van der Waals surface area contributed by atoms with Crippen LogP contribution in [0.1, 0.15) is 40.5 Å². The van der Waals surface area contributed by atoms with E-state index in [-0.39, 0.29) is 11.9 Å². The highest BCUT2D eigenvalue weighted by molar-refractivity contribution is 5.73. The summed E-state index contributed by atoms with van der Waals surface area (Å²) in [5.74, 6) is -0.671. The van der Waals surface area contributed by atoms with Gasteiger partial charge in [-0.05, 0) is 19.3 Å². The molecule has 0 saturated carbocycles. The molecule has 0 saturated heterocycles. The second kappa shape index (κ2) is 5.35. The van der Waals surface area contributed by atoms with Crippen LogP contribution < -0.4 is 0 Å². The van der Waals surface area contributed by atoms with E-state index in [1.807, 2.05) is 20.8 Å². The van der Waals surface area contributed by atoms with Gasteiger partial charge >= 0.3 is 5.97 Å². The molecule has 0 radical (unpaired) electrons. The summed E-state index contributed by atoms with van der Waals surface area (Å²) in [5.41, 5.74) is -0.962. The van der Waals surface area contributed by atoms with Crippen LogP contribution in [0.2, 0.25) is 0 Å². The van der Waals surface area contributed by atoms with Crippen LogP contribution in [0.3, 0.4) is 0 Å². The second-order valence-corrected chi connectivity index (χ2v) is 4.35. The molecule has 0 fully saturated rings. The number of esters is 1. The largest absolute Gasteiger partial charge is 0.469 e. The Labute approximate surface area is 86.5 Å². The molecule has 0 aromatic rings. The highest BCUT2D eigenvalue weighted by Gasteiger charge is 2.39. The molecule has 0 aliphatic heterocycles. The first kappa shape index (κ1) is 13.4. The van der Waals surface area contributed by atoms with E-state index in [2.05, 4.69) is 0 Å². The van der Waals surface area contributed by atoms with E-state index in [1.165, 1.54) is 7.11 Å². The standard InChI is InChI=1S/C11H22O3/c1-6-7-11(4,13)9(8(2)3)10(12)14-5/h8-9,13H,6-7H2,1-5H3. The third-order valence-corrected chi connectivity index (χ3v) is 2.55. The average molecular weight is 202 g/mol. The molecule has 84 valence electrons. The fourth-order valence-corrected chi connectivity index (χ4v) is 2.03. The molecule has 3 heteroatoms. The van der Waals surface area contributed by atoms with Crippen molar-refractivity contribution in [2.45, 2.75) is 46.1 Å². The van der Waals surface area contributed by atoms with Crippen molar-refractivity contribution >= 4 is 5.97 Å². The van der Waals surface area contributed by atoms with E-state index in [0.717, 1.165) is 6.42 Å². The summed E-state index contributed by atoms with van der Waals surface area (Å²) in [6.07, 6.45) is 1.47. The lowest BCUT2D eigenvalue weighted by molar-refractivity contribution is -0.158. The van der Waals surface area contributed by atoms with Crippen molar-refractivity contribution in [1.82, 2.24) is 0 Å². The van der Waals surface area contributed by atoms with Gasteiger partial charge in [0.25, 0.3) is 0 Å². The predicted molar refractivity (Wildman–Crippen MR) is 55.9 cm³/mol. The Morgan fingerprint density at radius 2 is 2.00 bits per heavy atom. The van der Waals surface area contributed by atoms with E-state index in [1.54, 1.807) is 6.92 Å². The maximum absolute atomic E-state index is 11.5. The number of methoxy groups -OCH3 is 1. The molecule has 0 aliphatic rings. The van der Waals surface area contributed by atoms with E-state index in [0.29, 0.717) is 6.42 Å². The van der Waals surface area contributed by atoms with Crippen molar-refractivity contribution in [3.8, 4) is 0 Å². The lowest BCUT2D eigenvalue weighted by Gasteiger charge is -2.33. The molecule has 0 aromatic carbocycles. The molecule has 2 atom stereocenters. The molecule has 0 heterocycles. The van der Waals surface area contributed by atoms with Crippen LogP contribution in [0.5, 0.6) is 0 Å². The summed E-state index contributed by atoms with van der Waals surface area (Å²) < 4.78 is 4.71. The Morgan fingerprint density at radius 1 is 1.50 bits per heavy atom. The zero-order chi connectivity index (χ0) is 11.4. The van der Waals surface area contributed by atoms with Gasteiger partial charge < -0.3 is 9.84 Å². The fraction of sp³-hybridized carbons (Fsp3) is 0.909. The Bertz CT molecular complexity index is 185. The monoisotopic (exact) mass is 202 g/mol. The molecule has 14 heavy (non-hydrogen) atoms. The zero-order valence-electron chi connectivity index (χ0n) is 9.83. The number of ether oxygens (including phenoxy) is 1. The first-order valence-electron chi connectivity index (χ1n) is 5.17. The molecule has 2 unspecified atom stereocenters. The van der Waals surface area contributed by atoms with Gasteiger partial charge in [-0.25, -0.2) is 0 Å². The minimum absolute atomic E-state index is 0.0870. The summed E-state index contributed by atoms with van der Waals surface area (Å²) >= 11 is 0. The van der Waals surface area contributed by atoms with Gasteiger partial charge in [-0.2, -0.15) is 0 Å². The number of hydrogen-bond acceptors (Lipinski definition) is 3. The molecular weight excluding hydrogens is 180 g/mol. The summed E-state index contributed by atoms with van der Waals surface area (Å²) in [7, 11) is 1.36. The van der Waals surface area contributed by atoms with Crippen LogP contribution in [0.15, 0.2) is 0 Å². The van der Waals surface area contributed by atoms with Crippen molar-refractivity contribution in [3.63, 3.8) is 0 Å². The zero-order valence-corrected chi connectivity index (χ0v) is 9.83. The van der Waals surface area contributed by atoms with Crippen LogP contribution in [-0.2, 0) is 9.53 Å². The molecule has 0 aromatic heterocycles. The number of carbonyl (C=O) groups is 1. The molecule has 0 amide bonds. The minimum atomic E-state index is -0.962. The van der Waals surface area contributed by atoms with E-state index in [9.17, 15) is 9.90 Å². The quantitative estimate of drug-likeness (QED) is 0.693. The van der Waals surface area contributed by atoms with Crippen molar-refractivity contribution in [2.24, 2.45) is 11.8 Å². The SMILES string of the molecule is CCCC(C)(O)C(C(=O)OC)C(C)C. The van der Waals surface area contributed by atoms with Gasteiger partial charge in [0.15, 0.2) is 0 Å². The maximum Gasteiger partial charge on any atom is 0.311 e. The van der Waals surface area contributed by atoms with Gasteiger partial charge in [0, 0.05) is 0 Å². The van der Waals surface area contributed by atoms with Crippen LogP contribution in [0.4, 0.5) is 0 Å². The Hall–Kier alpha value is -0.570. The van der Waals surface area contributed by atoms with Crippen molar-refractivity contribution in [3.05, 3.63) is 0 Å². The topological polar surface area (TPSA) is 46.5 Å². The van der Waals surface area contributed by atoms with Gasteiger partial charge in [0.05, 0.1) is 18.6 Å². The summed E-state index contributed by atoms with van der Waals surface area (Å²) in [6, 6.07) is 0. The number of hydrogen-bond donors (Lipinski definition) is 1. The highest BCUT2D eigenvalue weighted by Crippen LogP contribution is 2.29. The van der Waals surface area contributed by atoms with Crippen LogP contribution in [0.25, 0.3) is 0 Å². The third kappa shape index (κ3) is 3.29. The van der Waals surface area contributed by atoms with Gasteiger partial charge in [0.1, 0.15) is 0 Å². The van der Waals surface area contributed by atoms with Crippen LogP contribution in [-0.4, -0.2) is 23.8 Å². The van der Waals surface area contributed by atoms with E-state index in [4.69, 9.17) is 4.74 Å². The lowest BCUT2D eigenvalue weighted by Crippen LogP contribution is -2.43. The van der Waals surface area contributed by atoms with E-state index >= 15 is 0 Å². The van der Waals surface area contributed by atoms with Crippen molar-refractivity contribution < 1.29 is 14.6 Å². The Balaban J connectivity index is 4.72. The molecule has 0 aliphatic carbocycles. The van der Waals surface area contributed by atoms with Gasteiger partial charge in [-0.3, -0.25) is 4.79 Å². The van der Waals surface area contributed by atoms with Crippen molar-refractivity contribution in [2.75, 3.05) is 7.11 Å². The first-order valence-corrected chi connectivity index (χ1v) is 5.17. The van der Waals surface area contributed by atoms with E-state index < -0.39 is 11.5 Å². The molecule has 3 nitrogen and oxygen atoms in total. The predicted octanol–water partition coefficient (Wildman–Crippen LogP) is 1.98. The summed E-state index contributed by atoms with van der Waals surface area (Å²) in [4.78, 5) is 11.5. The number of carbonyl (C=O) groups excluding carboxylic acids is 1.